The predicted molar refractivity (Wildman–Crippen MR) is 120 cm³/mol. The molecule has 1 saturated heterocycles. The molecular formula is C23H29N7. The zero-order valence-corrected chi connectivity index (χ0v) is 17.7. The molecule has 1 fully saturated rings. The summed E-state index contributed by atoms with van der Waals surface area (Å²) in [6.45, 7) is 7.26. The Bertz CT molecular complexity index is 1010. The van der Waals surface area contributed by atoms with E-state index in [1.165, 1.54) is 24.8 Å². The monoisotopic (exact) mass is 403 g/mol. The van der Waals surface area contributed by atoms with Crippen molar-refractivity contribution in [3.8, 4) is 11.3 Å². The van der Waals surface area contributed by atoms with Gasteiger partial charge >= 0.3 is 0 Å². The van der Waals surface area contributed by atoms with Gasteiger partial charge in [0.05, 0.1) is 24.6 Å². The largest absolute Gasteiger partial charge is 0.341 e. The van der Waals surface area contributed by atoms with Gasteiger partial charge in [0.2, 0.25) is 0 Å². The van der Waals surface area contributed by atoms with Crippen LogP contribution in [-0.2, 0) is 6.54 Å². The highest BCUT2D eigenvalue weighted by Crippen LogP contribution is 2.33. The molecule has 0 bridgehead atoms. The van der Waals surface area contributed by atoms with Gasteiger partial charge < -0.3 is 9.88 Å². The van der Waals surface area contributed by atoms with Crippen LogP contribution >= 0.6 is 0 Å². The van der Waals surface area contributed by atoms with E-state index in [9.17, 15) is 0 Å². The summed E-state index contributed by atoms with van der Waals surface area (Å²) in [5, 5.41) is 4.58. The summed E-state index contributed by atoms with van der Waals surface area (Å²) in [7, 11) is 0. The second-order valence-corrected chi connectivity index (χ2v) is 8.47. The number of imidazole rings is 1. The number of nitrogens with one attached hydrogen (secondary N) is 1. The molecule has 3 aromatic rings. The van der Waals surface area contributed by atoms with Crippen LogP contribution in [0.3, 0.4) is 0 Å². The Morgan fingerprint density at radius 2 is 1.87 bits per heavy atom. The predicted octanol–water partition coefficient (Wildman–Crippen LogP) is 4.06. The molecule has 5 rings (SSSR count). The Morgan fingerprint density at radius 3 is 2.63 bits per heavy atom. The SMILES string of the molecule is CC(C)c1cnn2c1N(Cc1ncc(-c3ccccc3)[nH]1)C(N1CCCCC1)N=C2. The van der Waals surface area contributed by atoms with Crippen molar-refractivity contribution < 1.29 is 0 Å². The van der Waals surface area contributed by atoms with Crippen molar-refractivity contribution in [1.82, 2.24) is 24.6 Å². The van der Waals surface area contributed by atoms with Gasteiger partial charge in [0.1, 0.15) is 18.0 Å². The quantitative estimate of drug-likeness (QED) is 0.698. The van der Waals surface area contributed by atoms with E-state index in [-0.39, 0.29) is 6.29 Å². The fraction of sp³-hybridized carbons (Fsp3) is 0.435. The van der Waals surface area contributed by atoms with E-state index >= 15 is 0 Å². The normalized spacial score (nSPS) is 19.4. The Morgan fingerprint density at radius 1 is 1.07 bits per heavy atom. The second kappa shape index (κ2) is 8.07. The number of aromatic nitrogens is 4. The van der Waals surface area contributed by atoms with Crippen molar-refractivity contribution in [3.05, 3.63) is 54.1 Å². The fourth-order valence-corrected chi connectivity index (χ4v) is 4.44. The Hall–Kier alpha value is -2.93. The molecule has 2 aromatic heterocycles. The summed E-state index contributed by atoms with van der Waals surface area (Å²) in [5.74, 6) is 2.46. The highest BCUT2D eigenvalue weighted by molar-refractivity contribution is 5.70. The Labute approximate surface area is 177 Å². The molecule has 0 radical (unpaired) electrons. The minimum absolute atomic E-state index is 0.0164. The number of rotatable bonds is 5. The zero-order chi connectivity index (χ0) is 20.5. The number of aliphatic imine (C=N–C) groups is 1. The van der Waals surface area contributed by atoms with Crippen LogP contribution in [-0.4, -0.2) is 50.4 Å². The molecule has 1 atom stereocenters. The van der Waals surface area contributed by atoms with Crippen LogP contribution in [0, 0.1) is 0 Å². The molecule has 0 saturated carbocycles. The number of likely N-dealkylation sites (tertiary alicyclic amines) is 1. The highest BCUT2D eigenvalue weighted by atomic mass is 15.5. The molecule has 0 aliphatic carbocycles. The number of piperidine rings is 1. The summed E-state index contributed by atoms with van der Waals surface area (Å²) < 4.78 is 1.91. The van der Waals surface area contributed by atoms with Crippen molar-refractivity contribution in [1.29, 1.82) is 0 Å². The number of fused-ring (bicyclic) bond motifs is 1. The first-order valence-corrected chi connectivity index (χ1v) is 10.9. The smallest absolute Gasteiger partial charge is 0.182 e. The van der Waals surface area contributed by atoms with Gasteiger partial charge in [-0.1, -0.05) is 50.6 Å². The van der Waals surface area contributed by atoms with E-state index < -0.39 is 0 Å². The van der Waals surface area contributed by atoms with Gasteiger partial charge in [0.15, 0.2) is 6.29 Å². The van der Waals surface area contributed by atoms with Crippen LogP contribution in [0.25, 0.3) is 11.3 Å². The third kappa shape index (κ3) is 3.54. The molecule has 7 heteroatoms. The number of nitrogens with zero attached hydrogens (tertiary/aromatic N) is 6. The average molecular weight is 404 g/mol. The maximum Gasteiger partial charge on any atom is 0.182 e. The minimum atomic E-state index is -0.0164. The van der Waals surface area contributed by atoms with Gasteiger partial charge in [-0.05, 0) is 24.3 Å². The third-order valence-corrected chi connectivity index (χ3v) is 6.03. The molecule has 156 valence electrons. The topological polar surface area (TPSA) is 65.3 Å². The van der Waals surface area contributed by atoms with Crippen molar-refractivity contribution in [2.24, 2.45) is 4.99 Å². The minimum Gasteiger partial charge on any atom is -0.341 e. The summed E-state index contributed by atoms with van der Waals surface area (Å²) >= 11 is 0. The van der Waals surface area contributed by atoms with Crippen LogP contribution in [0.5, 0.6) is 0 Å². The fourth-order valence-electron chi connectivity index (χ4n) is 4.44. The van der Waals surface area contributed by atoms with Gasteiger partial charge in [-0.25, -0.2) is 14.7 Å². The van der Waals surface area contributed by atoms with Crippen LogP contribution in [0.15, 0.2) is 47.7 Å². The average Bonchev–Trinajstić information content (AvgIpc) is 3.43. The number of aromatic amines is 1. The van der Waals surface area contributed by atoms with Crippen LogP contribution < -0.4 is 4.90 Å². The molecule has 0 spiro atoms. The Kier molecular flexibility index (Phi) is 5.12. The van der Waals surface area contributed by atoms with Gasteiger partial charge in [0.25, 0.3) is 0 Å². The van der Waals surface area contributed by atoms with Crippen molar-refractivity contribution in [2.75, 3.05) is 18.0 Å². The van der Waals surface area contributed by atoms with E-state index in [1.807, 2.05) is 29.5 Å². The molecule has 1 aromatic carbocycles. The number of hydrogen-bond acceptors (Lipinski definition) is 5. The molecule has 30 heavy (non-hydrogen) atoms. The highest BCUT2D eigenvalue weighted by Gasteiger charge is 2.33. The van der Waals surface area contributed by atoms with Crippen LogP contribution in [0.2, 0.25) is 0 Å². The maximum absolute atomic E-state index is 4.90. The number of H-pyrrole nitrogens is 1. The zero-order valence-electron chi connectivity index (χ0n) is 17.7. The first-order valence-electron chi connectivity index (χ1n) is 10.9. The molecular weight excluding hydrogens is 374 g/mol. The van der Waals surface area contributed by atoms with E-state index in [4.69, 9.17) is 9.98 Å². The van der Waals surface area contributed by atoms with Crippen molar-refractivity contribution in [2.45, 2.75) is 51.9 Å². The number of hydrogen-bond donors (Lipinski definition) is 1. The van der Waals surface area contributed by atoms with Gasteiger partial charge in [-0.15, -0.1) is 0 Å². The number of anilines is 1. The summed E-state index contributed by atoms with van der Waals surface area (Å²) in [5.41, 5.74) is 3.43. The number of benzene rings is 1. The van der Waals surface area contributed by atoms with E-state index in [0.29, 0.717) is 12.5 Å². The van der Waals surface area contributed by atoms with Crippen LogP contribution in [0.4, 0.5) is 5.82 Å². The lowest BCUT2D eigenvalue weighted by atomic mass is 10.1. The first-order chi connectivity index (χ1) is 14.7. The molecule has 0 amide bonds. The van der Waals surface area contributed by atoms with Gasteiger partial charge in [-0.3, -0.25) is 4.90 Å². The van der Waals surface area contributed by atoms with E-state index in [0.717, 1.165) is 36.0 Å². The standard InChI is InChI=1S/C23H29N7/c1-17(2)19-13-26-30-16-25-23(28-11-7-4-8-12-28)29(22(19)30)15-21-24-14-20(27-21)18-9-5-3-6-10-18/h3,5-6,9-10,13-14,16-17,23H,4,7-8,11-12,15H2,1-2H3,(H,24,27). The van der Waals surface area contributed by atoms with Gasteiger partial charge in [0, 0.05) is 18.7 Å². The van der Waals surface area contributed by atoms with Crippen LogP contribution in [0.1, 0.15) is 50.4 Å². The molecule has 7 nitrogen and oxygen atoms in total. The van der Waals surface area contributed by atoms with Crippen molar-refractivity contribution in [3.63, 3.8) is 0 Å². The Balaban J connectivity index is 1.49. The third-order valence-electron chi connectivity index (χ3n) is 6.03. The lowest BCUT2D eigenvalue weighted by Gasteiger charge is -2.41. The maximum atomic E-state index is 4.90. The first kappa shape index (κ1) is 19.1. The molecule has 4 heterocycles. The van der Waals surface area contributed by atoms with Crippen molar-refractivity contribution >= 4 is 12.2 Å². The summed E-state index contributed by atoms with van der Waals surface area (Å²) in [6, 6.07) is 10.3. The van der Waals surface area contributed by atoms with E-state index in [2.05, 4.69) is 58.0 Å². The lowest BCUT2D eigenvalue weighted by Crippen LogP contribution is -2.52. The molecule has 2 aliphatic heterocycles. The van der Waals surface area contributed by atoms with E-state index in [1.54, 1.807) is 0 Å². The van der Waals surface area contributed by atoms with Gasteiger partial charge in [-0.2, -0.15) is 5.10 Å². The second-order valence-electron chi connectivity index (χ2n) is 8.47. The molecule has 2 aliphatic rings. The lowest BCUT2D eigenvalue weighted by molar-refractivity contribution is 0.158. The summed E-state index contributed by atoms with van der Waals surface area (Å²) in [4.78, 5) is 18.0. The summed E-state index contributed by atoms with van der Waals surface area (Å²) in [6.07, 6.45) is 9.54. The molecule has 1 unspecified atom stereocenters. The molecule has 1 N–H and O–H groups in total.